The molecule has 0 saturated heterocycles. The molecule has 7 nitrogen and oxygen atoms in total. The van der Waals surface area contributed by atoms with Gasteiger partial charge in [-0.3, -0.25) is 0 Å². The Morgan fingerprint density at radius 3 is 2.40 bits per heavy atom. The molecule has 0 bridgehead atoms. The summed E-state index contributed by atoms with van der Waals surface area (Å²) in [5.41, 5.74) is -1.91. The molecule has 0 aliphatic rings. The Labute approximate surface area is 170 Å². The summed E-state index contributed by atoms with van der Waals surface area (Å²) in [7, 11) is 3.07. The third-order valence-electron chi connectivity index (χ3n) is 4.42. The molecule has 0 aliphatic heterocycles. The summed E-state index contributed by atoms with van der Waals surface area (Å²) in [6.07, 6.45) is 2.59. The Morgan fingerprint density at radius 1 is 1.13 bits per heavy atom. The first-order chi connectivity index (χ1) is 14.1. The number of benzene rings is 2. The summed E-state index contributed by atoms with van der Waals surface area (Å²) >= 11 is 0. The fourth-order valence-electron chi connectivity index (χ4n) is 3.24. The fraction of sp³-hybridized carbons (Fsp3) is 0.250. The molecule has 0 spiro atoms. The van der Waals surface area contributed by atoms with Gasteiger partial charge in [-0.1, -0.05) is 17.2 Å². The molecule has 0 fully saturated rings. The van der Waals surface area contributed by atoms with Crippen molar-refractivity contribution >= 4 is 5.90 Å². The van der Waals surface area contributed by atoms with Gasteiger partial charge in [-0.15, -0.1) is 0 Å². The van der Waals surface area contributed by atoms with Gasteiger partial charge in [-0.2, -0.15) is 5.10 Å². The number of quaternary nitrogens is 1. The predicted molar refractivity (Wildman–Crippen MR) is 100 cm³/mol. The first-order valence-electron chi connectivity index (χ1n) is 8.94. The maximum absolute atomic E-state index is 14.5. The van der Waals surface area contributed by atoms with Crippen molar-refractivity contribution in [2.45, 2.75) is 12.1 Å². The van der Waals surface area contributed by atoms with E-state index in [-0.39, 0.29) is 24.2 Å². The molecule has 3 aromatic rings. The SMILES string of the molecule is C[N+](C)(CC(O)(Cn1cncn1)c1ccc(F)cc1F)/N=C(\[O-])c1ccc(F)cc1. The topological polar surface area (TPSA) is 86.4 Å². The monoisotopic (exact) mass is 419 g/mol. The average molecular weight is 419 g/mol. The van der Waals surface area contributed by atoms with Crippen LogP contribution in [0.5, 0.6) is 0 Å². The highest BCUT2D eigenvalue weighted by Crippen LogP contribution is 2.29. The van der Waals surface area contributed by atoms with Crippen LogP contribution in [0.2, 0.25) is 0 Å². The Morgan fingerprint density at radius 2 is 1.80 bits per heavy atom. The van der Waals surface area contributed by atoms with E-state index in [0.717, 1.165) is 24.3 Å². The third kappa shape index (κ3) is 5.02. The number of nitrogens with zero attached hydrogens (tertiary/aromatic N) is 5. The second kappa shape index (κ2) is 8.25. The lowest BCUT2D eigenvalue weighted by Crippen LogP contribution is -2.50. The molecule has 1 N–H and O–H groups in total. The van der Waals surface area contributed by atoms with Crippen LogP contribution in [0.1, 0.15) is 11.1 Å². The van der Waals surface area contributed by atoms with Gasteiger partial charge in [0.1, 0.15) is 36.7 Å². The highest BCUT2D eigenvalue weighted by atomic mass is 19.1. The number of likely N-dealkylation sites (N-methyl/N-ethyl adjacent to an activating group) is 1. The number of halogens is 3. The molecule has 0 aliphatic carbocycles. The van der Waals surface area contributed by atoms with Crippen LogP contribution in [0.25, 0.3) is 0 Å². The van der Waals surface area contributed by atoms with Gasteiger partial charge in [-0.05, 0) is 29.8 Å². The number of rotatable bonds is 7. The minimum atomic E-state index is -1.90. The van der Waals surface area contributed by atoms with Crippen LogP contribution in [0.3, 0.4) is 0 Å². The third-order valence-corrected chi connectivity index (χ3v) is 4.42. The van der Waals surface area contributed by atoms with Crippen LogP contribution in [0.4, 0.5) is 13.2 Å². The van der Waals surface area contributed by atoms with Crippen molar-refractivity contribution in [3.8, 4) is 0 Å². The van der Waals surface area contributed by atoms with Gasteiger partial charge in [0.15, 0.2) is 5.60 Å². The fourth-order valence-corrected chi connectivity index (χ4v) is 3.24. The molecule has 1 heterocycles. The van der Waals surface area contributed by atoms with Crippen molar-refractivity contribution in [3.63, 3.8) is 0 Å². The maximum Gasteiger partial charge on any atom is 0.163 e. The van der Waals surface area contributed by atoms with Crippen molar-refractivity contribution in [1.29, 1.82) is 0 Å². The zero-order chi connectivity index (χ0) is 21.9. The number of hydrogen-bond acceptors (Lipinski definition) is 5. The highest BCUT2D eigenvalue weighted by Gasteiger charge is 2.40. The molecule has 0 saturated carbocycles. The lowest BCUT2D eigenvalue weighted by atomic mass is 9.92. The van der Waals surface area contributed by atoms with E-state index in [1.807, 2.05) is 0 Å². The van der Waals surface area contributed by atoms with E-state index in [4.69, 9.17) is 0 Å². The molecule has 30 heavy (non-hydrogen) atoms. The van der Waals surface area contributed by atoms with Crippen LogP contribution in [0.15, 0.2) is 60.2 Å². The molecule has 1 atom stereocenters. The van der Waals surface area contributed by atoms with Gasteiger partial charge in [0.25, 0.3) is 0 Å². The molecule has 158 valence electrons. The van der Waals surface area contributed by atoms with Gasteiger partial charge in [-0.25, -0.2) is 27.4 Å². The van der Waals surface area contributed by atoms with Crippen molar-refractivity contribution in [2.75, 3.05) is 20.6 Å². The zero-order valence-electron chi connectivity index (χ0n) is 16.3. The second-order valence-corrected chi connectivity index (χ2v) is 7.44. The van der Waals surface area contributed by atoms with Crippen LogP contribution in [-0.4, -0.2) is 51.0 Å². The lowest BCUT2D eigenvalue weighted by Gasteiger charge is -2.35. The smallest absolute Gasteiger partial charge is 0.163 e. The molecule has 10 heteroatoms. The molecular formula is C20H20F3N5O2. The normalized spacial score (nSPS) is 14.5. The number of hydrogen-bond donors (Lipinski definition) is 1. The van der Waals surface area contributed by atoms with Gasteiger partial charge in [0, 0.05) is 11.6 Å². The van der Waals surface area contributed by atoms with E-state index in [1.54, 1.807) is 0 Å². The van der Waals surface area contributed by atoms with Gasteiger partial charge < -0.3 is 10.2 Å². The minimum absolute atomic E-state index is 0.162. The standard InChI is InChI=1S/C20H20F3N5O2/c1-28(2,26-19(29)14-3-5-15(21)6-4-14)11-20(30,10-27-13-24-12-25-27)17-8-7-16(22)9-18(17)23/h3-9,12-13,30H,10-11H2,1-2H3. The first-order valence-corrected chi connectivity index (χ1v) is 8.94. The van der Waals surface area contributed by atoms with Gasteiger partial charge in [0.05, 0.1) is 26.5 Å². The Kier molecular flexibility index (Phi) is 5.90. The molecule has 0 amide bonds. The lowest BCUT2D eigenvalue weighted by molar-refractivity contribution is -0.905. The molecular weight excluding hydrogens is 399 g/mol. The molecule has 0 radical (unpaired) electrons. The van der Waals surface area contributed by atoms with E-state index in [1.165, 1.54) is 43.6 Å². The molecule has 3 rings (SSSR count). The highest BCUT2D eigenvalue weighted by molar-refractivity contribution is 5.89. The van der Waals surface area contributed by atoms with E-state index in [9.17, 15) is 23.4 Å². The van der Waals surface area contributed by atoms with Crippen LogP contribution in [0, 0.1) is 17.5 Å². The summed E-state index contributed by atoms with van der Waals surface area (Å²) in [6, 6.07) is 7.71. The molecule has 1 unspecified atom stereocenters. The molecule has 2 aromatic carbocycles. The number of aliphatic hydroxyl groups is 1. The predicted octanol–water partition coefficient (Wildman–Crippen LogP) is 1.38. The van der Waals surface area contributed by atoms with Crippen LogP contribution >= 0.6 is 0 Å². The average Bonchev–Trinajstić information content (AvgIpc) is 3.13. The van der Waals surface area contributed by atoms with Crippen molar-refractivity contribution in [2.24, 2.45) is 5.10 Å². The zero-order valence-corrected chi connectivity index (χ0v) is 16.3. The van der Waals surface area contributed by atoms with E-state index in [0.29, 0.717) is 6.07 Å². The van der Waals surface area contributed by atoms with Crippen molar-refractivity contribution in [3.05, 3.63) is 83.7 Å². The molecule has 1 aromatic heterocycles. The maximum atomic E-state index is 14.5. The first kappa shape index (κ1) is 21.5. The van der Waals surface area contributed by atoms with E-state index < -0.39 is 33.5 Å². The van der Waals surface area contributed by atoms with Crippen molar-refractivity contribution < 1.29 is 28.0 Å². The Balaban J connectivity index is 1.96. The number of aromatic nitrogens is 3. The van der Waals surface area contributed by atoms with Gasteiger partial charge in [0.2, 0.25) is 0 Å². The summed E-state index contributed by atoms with van der Waals surface area (Å²) < 4.78 is 41.9. The summed E-state index contributed by atoms with van der Waals surface area (Å²) in [4.78, 5) is 3.80. The second-order valence-electron chi connectivity index (χ2n) is 7.44. The van der Waals surface area contributed by atoms with Crippen LogP contribution in [-0.2, 0) is 12.1 Å². The van der Waals surface area contributed by atoms with E-state index >= 15 is 0 Å². The van der Waals surface area contributed by atoms with Crippen molar-refractivity contribution in [1.82, 2.24) is 14.8 Å². The van der Waals surface area contributed by atoms with E-state index in [2.05, 4.69) is 15.2 Å². The van der Waals surface area contributed by atoms with Crippen LogP contribution < -0.4 is 5.11 Å². The largest absolute Gasteiger partial charge is 0.855 e. The Hall–Kier alpha value is -3.24. The van der Waals surface area contributed by atoms with Gasteiger partial charge >= 0.3 is 0 Å². The quantitative estimate of drug-likeness (QED) is 0.271. The summed E-state index contributed by atoms with van der Waals surface area (Å²) in [6.45, 7) is -0.458. The Bertz CT molecular complexity index is 1040. The summed E-state index contributed by atoms with van der Waals surface area (Å²) in [5, 5.41) is 31.9. The summed E-state index contributed by atoms with van der Waals surface area (Å²) in [5.74, 6) is -2.86. The minimum Gasteiger partial charge on any atom is -0.855 e.